The summed E-state index contributed by atoms with van der Waals surface area (Å²) >= 11 is 0. The number of nitrogens with zero attached hydrogens (tertiary/aromatic N) is 2. The lowest BCUT2D eigenvalue weighted by molar-refractivity contribution is 0.0572. The van der Waals surface area contributed by atoms with Crippen LogP contribution in [-0.4, -0.2) is 64.4 Å². The second-order valence-electron chi connectivity index (χ2n) is 4.02. The Morgan fingerprint density at radius 1 is 1.00 bits per heavy atom. The maximum absolute atomic E-state index is 11.8. The van der Waals surface area contributed by atoms with Crippen molar-refractivity contribution in [3.63, 3.8) is 0 Å². The van der Waals surface area contributed by atoms with E-state index >= 15 is 0 Å². The maximum atomic E-state index is 11.8. The Balaban J connectivity index is 1.92. The van der Waals surface area contributed by atoms with Gasteiger partial charge in [-0.05, 0) is 12.8 Å². The van der Waals surface area contributed by atoms with Crippen LogP contribution in [0.3, 0.4) is 0 Å². The van der Waals surface area contributed by atoms with Crippen LogP contribution >= 0.6 is 0 Å². The minimum atomic E-state index is -0.776. The van der Waals surface area contributed by atoms with Gasteiger partial charge in [-0.2, -0.15) is 0 Å². The molecule has 5 nitrogen and oxygen atoms in total. The summed E-state index contributed by atoms with van der Waals surface area (Å²) in [4.78, 5) is 15.1. The van der Waals surface area contributed by atoms with Crippen molar-refractivity contribution in [1.29, 1.82) is 0 Å². The average molecular weight is 200 g/mol. The number of aliphatic hydroxyl groups is 2. The molecule has 14 heavy (non-hydrogen) atoms. The number of hydrogen-bond donors (Lipinski definition) is 2. The summed E-state index contributed by atoms with van der Waals surface area (Å²) in [5.74, 6) is 0. The average Bonchev–Trinajstić information content (AvgIpc) is 2.76. The van der Waals surface area contributed by atoms with E-state index in [1.165, 1.54) is 4.90 Å². The third kappa shape index (κ3) is 1.69. The number of carbonyl (C=O) groups is 1. The van der Waals surface area contributed by atoms with Crippen LogP contribution in [0.25, 0.3) is 0 Å². The van der Waals surface area contributed by atoms with E-state index in [2.05, 4.69) is 0 Å². The highest BCUT2D eigenvalue weighted by Gasteiger charge is 2.35. The topological polar surface area (TPSA) is 64.0 Å². The van der Waals surface area contributed by atoms with Gasteiger partial charge in [-0.25, -0.2) is 4.79 Å². The van der Waals surface area contributed by atoms with Gasteiger partial charge in [-0.15, -0.1) is 0 Å². The van der Waals surface area contributed by atoms with Gasteiger partial charge in [0.2, 0.25) is 0 Å². The maximum Gasteiger partial charge on any atom is 0.320 e. The zero-order chi connectivity index (χ0) is 10.1. The SMILES string of the molecule is O=C(N1CCCC1)N1CC(O)C(O)C1. The standard InChI is InChI=1S/C9H16N2O3/c12-7-5-11(6-8(7)13)9(14)10-3-1-2-4-10/h7-8,12-13H,1-6H2. The zero-order valence-electron chi connectivity index (χ0n) is 8.09. The molecule has 80 valence electrons. The first-order valence-electron chi connectivity index (χ1n) is 5.08. The molecule has 2 amide bonds. The summed E-state index contributed by atoms with van der Waals surface area (Å²) in [6.45, 7) is 2.13. The molecule has 2 unspecified atom stereocenters. The van der Waals surface area contributed by atoms with E-state index in [-0.39, 0.29) is 19.1 Å². The van der Waals surface area contributed by atoms with Crippen LogP contribution in [0.15, 0.2) is 0 Å². The molecule has 0 aromatic heterocycles. The van der Waals surface area contributed by atoms with Crippen LogP contribution in [0.4, 0.5) is 4.79 Å². The molecule has 0 radical (unpaired) electrons. The molecule has 0 aromatic rings. The highest BCUT2D eigenvalue weighted by Crippen LogP contribution is 2.15. The minimum absolute atomic E-state index is 0.0434. The molecule has 2 aliphatic heterocycles. The molecule has 2 heterocycles. The lowest BCUT2D eigenvalue weighted by Gasteiger charge is -2.23. The van der Waals surface area contributed by atoms with Crippen molar-refractivity contribution in [3.05, 3.63) is 0 Å². The Labute approximate surface area is 82.9 Å². The number of β-amino-alcohol motifs (C(OH)–C–C–N with tert-alkyl or cyclic N) is 2. The molecule has 0 aliphatic carbocycles. The fourth-order valence-corrected chi connectivity index (χ4v) is 2.03. The first-order valence-corrected chi connectivity index (χ1v) is 5.08. The Morgan fingerprint density at radius 2 is 1.50 bits per heavy atom. The molecule has 0 saturated carbocycles. The first kappa shape index (κ1) is 9.73. The summed E-state index contributed by atoms with van der Waals surface area (Å²) in [6, 6.07) is -0.0434. The molecule has 0 spiro atoms. The third-order valence-corrected chi connectivity index (χ3v) is 2.91. The molecule has 2 rings (SSSR count). The molecule has 0 aromatic carbocycles. The Morgan fingerprint density at radius 3 is 2.00 bits per heavy atom. The van der Waals surface area contributed by atoms with Gasteiger partial charge in [0.15, 0.2) is 0 Å². The highest BCUT2D eigenvalue weighted by atomic mass is 16.3. The Kier molecular flexibility index (Phi) is 2.60. The molecule has 2 saturated heterocycles. The van der Waals surface area contributed by atoms with Crippen LogP contribution in [0.1, 0.15) is 12.8 Å². The largest absolute Gasteiger partial charge is 0.388 e. The van der Waals surface area contributed by atoms with E-state index in [0.717, 1.165) is 25.9 Å². The van der Waals surface area contributed by atoms with Crippen molar-refractivity contribution in [3.8, 4) is 0 Å². The van der Waals surface area contributed by atoms with E-state index in [9.17, 15) is 15.0 Å². The Bertz CT molecular complexity index is 218. The number of amides is 2. The number of urea groups is 1. The molecule has 2 atom stereocenters. The fraction of sp³-hybridized carbons (Fsp3) is 0.889. The lowest BCUT2D eigenvalue weighted by Crippen LogP contribution is -2.41. The van der Waals surface area contributed by atoms with Crippen molar-refractivity contribution in [2.75, 3.05) is 26.2 Å². The van der Waals surface area contributed by atoms with Crippen LogP contribution in [0, 0.1) is 0 Å². The van der Waals surface area contributed by atoms with Crippen molar-refractivity contribution in [2.24, 2.45) is 0 Å². The molecule has 5 heteroatoms. The number of carbonyl (C=O) groups excluding carboxylic acids is 1. The summed E-state index contributed by atoms with van der Waals surface area (Å²) in [6.07, 6.45) is 0.568. The summed E-state index contributed by atoms with van der Waals surface area (Å²) in [5.41, 5.74) is 0. The van der Waals surface area contributed by atoms with Gasteiger partial charge in [-0.3, -0.25) is 0 Å². The van der Waals surface area contributed by atoms with Gasteiger partial charge in [0.25, 0.3) is 0 Å². The summed E-state index contributed by atoms with van der Waals surface area (Å²) in [5, 5.41) is 18.6. The molecule has 2 N–H and O–H groups in total. The van der Waals surface area contributed by atoms with E-state index in [1.807, 2.05) is 0 Å². The quantitative estimate of drug-likeness (QED) is 0.540. The second kappa shape index (κ2) is 3.74. The monoisotopic (exact) mass is 200 g/mol. The van der Waals surface area contributed by atoms with Gasteiger partial charge >= 0.3 is 6.03 Å². The van der Waals surface area contributed by atoms with Crippen molar-refractivity contribution < 1.29 is 15.0 Å². The smallest absolute Gasteiger partial charge is 0.320 e. The van der Waals surface area contributed by atoms with Gasteiger partial charge in [0, 0.05) is 13.1 Å². The van der Waals surface area contributed by atoms with Crippen molar-refractivity contribution >= 4 is 6.03 Å². The number of aliphatic hydroxyl groups excluding tert-OH is 2. The number of likely N-dealkylation sites (tertiary alicyclic amines) is 2. The van der Waals surface area contributed by atoms with Crippen molar-refractivity contribution in [1.82, 2.24) is 9.80 Å². The summed E-state index contributed by atoms with van der Waals surface area (Å²) in [7, 11) is 0. The number of hydrogen-bond acceptors (Lipinski definition) is 3. The van der Waals surface area contributed by atoms with E-state index in [4.69, 9.17) is 0 Å². The van der Waals surface area contributed by atoms with Crippen LogP contribution in [-0.2, 0) is 0 Å². The van der Waals surface area contributed by atoms with Gasteiger partial charge in [0.1, 0.15) is 0 Å². The second-order valence-corrected chi connectivity index (χ2v) is 4.02. The molecule has 0 bridgehead atoms. The molecular formula is C9H16N2O3. The van der Waals surface area contributed by atoms with Crippen molar-refractivity contribution in [2.45, 2.75) is 25.0 Å². The predicted molar refractivity (Wildman–Crippen MR) is 49.8 cm³/mol. The first-order chi connectivity index (χ1) is 6.68. The lowest BCUT2D eigenvalue weighted by atomic mass is 10.3. The van der Waals surface area contributed by atoms with Crippen LogP contribution in [0.5, 0.6) is 0 Å². The van der Waals surface area contributed by atoms with Gasteiger partial charge in [0.05, 0.1) is 25.3 Å². The summed E-state index contributed by atoms with van der Waals surface area (Å²) < 4.78 is 0. The zero-order valence-corrected chi connectivity index (χ0v) is 8.09. The van der Waals surface area contributed by atoms with E-state index in [0.29, 0.717) is 0 Å². The molecule has 2 fully saturated rings. The Hall–Kier alpha value is -0.810. The minimum Gasteiger partial charge on any atom is -0.388 e. The van der Waals surface area contributed by atoms with E-state index in [1.54, 1.807) is 4.90 Å². The highest BCUT2D eigenvalue weighted by molar-refractivity contribution is 5.75. The normalized spacial score (nSPS) is 32.7. The van der Waals surface area contributed by atoms with Crippen LogP contribution < -0.4 is 0 Å². The molecule has 2 aliphatic rings. The number of rotatable bonds is 0. The van der Waals surface area contributed by atoms with E-state index < -0.39 is 12.2 Å². The fourth-order valence-electron chi connectivity index (χ4n) is 2.03. The third-order valence-electron chi connectivity index (χ3n) is 2.91. The van der Waals surface area contributed by atoms with Gasteiger partial charge in [-0.1, -0.05) is 0 Å². The molecular weight excluding hydrogens is 184 g/mol. The predicted octanol–water partition coefficient (Wildman–Crippen LogP) is -0.760. The van der Waals surface area contributed by atoms with Crippen LogP contribution in [0.2, 0.25) is 0 Å². The van der Waals surface area contributed by atoms with Gasteiger partial charge < -0.3 is 20.0 Å².